The third-order valence-corrected chi connectivity index (χ3v) is 8.97. The first kappa shape index (κ1) is 28.1. The monoisotopic (exact) mass is 544 g/mol. The van der Waals surface area contributed by atoms with Crippen LogP contribution in [0.5, 0.6) is 5.75 Å². The van der Waals surface area contributed by atoms with E-state index in [9.17, 15) is 18.3 Å². The van der Waals surface area contributed by atoms with Crippen LogP contribution in [0.25, 0.3) is 0 Å². The fourth-order valence-electron chi connectivity index (χ4n) is 4.65. The summed E-state index contributed by atoms with van der Waals surface area (Å²) in [6, 6.07) is 15.7. The summed E-state index contributed by atoms with van der Waals surface area (Å²) in [6.07, 6.45) is 5.24. The lowest BCUT2D eigenvalue weighted by Gasteiger charge is -2.37. The predicted molar refractivity (Wildman–Crippen MR) is 141 cm³/mol. The smallest absolute Gasteiger partial charge is 0.286 e. The summed E-state index contributed by atoms with van der Waals surface area (Å²) in [5.41, 5.74) is 0.989. The Kier molecular flexibility index (Phi) is 9.79. The Labute approximate surface area is 224 Å². The molecule has 0 radical (unpaired) electrons. The molecule has 1 amide bonds. The summed E-state index contributed by atoms with van der Waals surface area (Å²) in [5, 5.41) is 12.4. The average Bonchev–Trinajstić information content (AvgIpc) is 2.90. The van der Waals surface area contributed by atoms with E-state index in [1.54, 1.807) is 12.1 Å². The van der Waals surface area contributed by atoms with Gasteiger partial charge >= 0.3 is 0 Å². The molecule has 1 fully saturated rings. The van der Waals surface area contributed by atoms with E-state index in [-0.39, 0.29) is 48.8 Å². The molecular weight excluding hydrogens is 508 g/mol. The highest BCUT2D eigenvalue weighted by Gasteiger charge is 2.35. The van der Waals surface area contributed by atoms with Gasteiger partial charge in [-0.1, -0.05) is 36.8 Å². The maximum atomic E-state index is 13.1. The van der Waals surface area contributed by atoms with Crippen molar-refractivity contribution in [1.29, 1.82) is 0 Å². The highest BCUT2D eigenvalue weighted by Crippen LogP contribution is 2.40. The van der Waals surface area contributed by atoms with Gasteiger partial charge in [0.1, 0.15) is 5.75 Å². The van der Waals surface area contributed by atoms with Crippen LogP contribution in [-0.2, 0) is 30.8 Å². The van der Waals surface area contributed by atoms with Gasteiger partial charge in [0.25, 0.3) is 5.91 Å². The molecule has 0 unspecified atom stereocenters. The summed E-state index contributed by atoms with van der Waals surface area (Å²) in [5.74, 6) is 1.15. The number of ether oxygens (including phenoxy) is 3. The van der Waals surface area contributed by atoms with E-state index in [0.717, 1.165) is 18.4 Å². The third-order valence-electron chi connectivity index (χ3n) is 7.05. The Morgan fingerprint density at radius 1 is 1.11 bits per heavy atom. The van der Waals surface area contributed by atoms with Gasteiger partial charge in [0, 0.05) is 26.1 Å². The highest BCUT2D eigenvalue weighted by atomic mass is 32.2. The maximum Gasteiger partial charge on any atom is 0.286 e. The number of hydrogen-bond acceptors (Lipinski definition) is 7. The fraction of sp³-hybridized carbons (Fsp3) is 0.464. The second-order valence-corrected chi connectivity index (χ2v) is 11.4. The SMILES string of the molecule is COc1ccc(S(=O)(=O)N(CCO)CCO[C@H]2C[C@@H](C3CCC3)C=C(C(=O)NCc3ccccc3)O2)cc1. The normalized spacial score (nSPS) is 19.8. The van der Waals surface area contributed by atoms with Gasteiger partial charge in [0.05, 0.1) is 25.2 Å². The van der Waals surface area contributed by atoms with E-state index < -0.39 is 16.3 Å². The van der Waals surface area contributed by atoms with Crippen molar-refractivity contribution in [3.63, 3.8) is 0 Å². The minimum Gasteiger partial charge on any atom is -0.497 e. The third kappa shape index (κ3) is 7.13. The second kappa shape index (κ2) is 13.2. The fourth-order valence-corrected chi connectivity index (χ4v) is 6.07. The van der Waals surface area contributed by atoms with Crippen molar-refractivity contribution in [3.8, 4) is 5.75 Å². The molecule has 206 valence electrons. The first-order valence-electron chi connectivity index (χ1n) is 13.0. The van der Waals surface area contributed by atoms with Crippen LogP contribution >= 0.6 is 0 Å². The lowest BCUT2D eigenvalue weighted by molar-refractivity contribution is -0.152. The van der Waals surface area contributed by atoms with Crippen molar-refractivity contribution in [2.75, 3.05) is 33.4 Å². The van der Waals surface area contributed by atoms with Gasteiger partial charge in [-0.15, -0.1) is 0 Å². The summed E-state index contributed by atoms with van der Waals surface area (Å²) in [4.78, 5) is 13.0. The average molecular weight is 545 g/mol. The van der Waals surface area contributed by atoms with Crippen LogP contribution in [0.4, 0.5) is 0 Å². The molecule has 2 atom stereocenters. The zero-order chi connectivity index (χ0) is 27.0. The first-order valence-corrected chi connectivity index (χ1v) is 14.4. The van der Waals surface area contributed by atoms with Crippen LogP contribution in [0, 0.1) is 11.8 Å². The number of allylic oxidation sites excluding steroid dienone is 1. The lowest BCUT2D eigenvalue weighted by Crippen LogP contribution is -2.39. The maximum absolute atomic E-state index is 13.1. The summed E-state index contributed by atoms with van der Waals surface area (Å²) in [6.45, 7) is 0.0757. The van der Waals surface area contributed by atoms with E-state index in [1.807, 2.05) is 36.4 Å². The molecule has 4 rings (SSSR count). The van der Waals surface area contributed by atoms with Crippen LogP contribution in [-0.4, -0.2) is 63.4 Å². The number of benzene rings is 2. The molecule has 9 nitrogen and oxygen atoms in total. The molecule has 2 aromatic carbocycles. The summed E-state index contributed by atoms with van der Waals surface area (Å²) >= 11 is 0. The number of aliphatic hydroxyl groups excluding tert-OH is 1. The van der Waals surface area contributed by atoms with Gasteiger partial charge in [0.2, 0.25) is 16.3 Å². The number of amides is 1. The molecule has 10 heteroatoms. The molecule has 1 saturated carbocycles. The molecule has 2 aliphatic rings. The van der Waals surface area contributed by atoms with Gasteiger partial charge in [-0.25, -0.2) is 8.42 Å². The van der Waals surface area contributed by atoms with Crippen molar-refractivity contribution in [1.82, 2.24) is 9.62 Å². The molecule has 38 heavy (non-hydrogen) atoms. The van der Waals surface area contributed by atoms with E-state index in [2.05, 4.69) is 5.32 Å². The highest BCUT2D eigenvalue weighted by molar-refractivity contribution is 7.89. The Balaban J connectivity index is 1.37. The zero-order valence-electron chi connectivity index (χ0n) is 21.6. The van der Waals surface area contributed by atoms with Crippen LogP contribution in [0.15, 0.2) is 71.3 Å². The van der Waals surface area contributed by atoms with Crippen molar-refractivity contribution in [2.24, 2.45) is 11.8 Å². The molecule has 2 N–H and O–H groups in total. The van der Waals surface area contributed by atoms with Gasteiger partial charge in [0.15, 0.2) is 5.76 Å². The number of sulfonamides is 1. The minimum absolute atomic E-state index is 0.0299. The standard InChI is InChI=1S/C28H36N2O7S/c1-35-24-10-12-25(13-11-24)38(33,34)30(14-16-31)15-17-36-27-19-23(22-8-5-9-22)18-26(37-27)28(32)29-20-21-6-3-2-4-7-21/h2-4,6-7,10-13,18,22-23,27,31H,5,8-9,14-17,19-20H2,1H3,(H,29,32)/t23-,27+/m0/s1. The van der Waals surface area contributed by atoms with Crippen LogP contribution in [0.3, 0.4) is 0 Å². The van der Waals surface area contributed by atoms with Crippen LogP contribution < -0.4 is 10.1 Å². The molecule has 2 aromatic rings. The molecule has 0 bridgehead atoms. The van der Waals surface area contributed by atoms with Crippen molar-refractivity contribution >= 4 is 15.9 Å². The number of carbonyl (C=O) groups excluding carboxylic acids is 1. The number of methoxy groups -OCH3 is 1. The van der Waals surface area contributed by atoms with Crippen molar-refractivity contribution in [2.45, 2.75) is 43.4 Å². The largest absolute Gasteiger partial charge is 0.497 e. The molecule has 1 heterocycles. The van der Waals surface area contributed by atoms with Gasteiger partial charge < -0.3 is 24.6 Å². The molecular formula is C28H36N2O7S. The van der Waals surface area contributed by atoms with E-state index in [1.165, 1.54) is 30.0 Å². The molecule has 0 aromatic heterocycles. The Hall–Kier alpha value is -2.92. The molecule has 1 aliphatic carbocycles. The quantitative estimate of drug-likeness (QED) is 0.398. The number of aliphatic hydroxyl groups is 1. The number of carbonyl (C=O) groups is 1. The van der Waals surface area contributed by atoms with Crippen LogP contribution in [0.2, 0.25) is 0 Å². The Morgan fingerprint density at radius 2 is 1.84 bits per heavy atom. The minimum atomic E-state index is -3.85. The Morgan fingerprint density at radius 3 is 2.47 bits per heavy atom. The number of hydrogen-bond donors (Lipinski definition) is 2. The Bertz CT molecular complexity index is 1180. The van der Waals surface area contributed by atoms with E-state index in [4.69, 9.17) is 14.2 Å². The number of rotatable bonds is 13. The summed E-state index contributed by atoms with van der Waals surface area (Å²) in [7, 11) is -2.34. The zero-order valence-corrected chi connectivity index (χ0v) is 22.4. The summed E-state index contributed by atoms with van der Waals surface area (Å²) < 4.78 is 44.5. The first-order chi connectivity index (χ1) is 18.4. The van der Waals surface area contributed by atoms with Gasteiger partial charge in [-0.3, -0.25) is 4.79 Å². The van der Waals surface area contributed by atoms with Crippen molar-refractivity contribution < 1.29 is 32.5 Å². The van der Waals surface area contributed by atoms with E-state index in [0.29, 0.717) is 24.6 Å². The number of nitrogens with zero attached hydrogens (tertiary/aromatic N) is 1. The topological polar surface area (TPSA) is 114 Å². The molecule has 1 aliphatic heterocycles. The van der Waals surface area contributed by atoms with Crippen LogP contribution in [0.1, 0.15) is 31.2 Å². The second-order valence-electron chi connectivity index (χ2n) is 9.51. The van der Waals surface area contributed by atoms with Gasteiger partial charge in [-0.2, -0.15) is 4.31 Å². The predicted octanol–water partition coefficient (Wildman–Crippen LogP) is 3.06. The van der Waals surface area contributed by atoms with E-state index >= 15 is 0 Å². The van der Waals surface area contributed by atoms with Crippen molar-refractivity contribution in [3.05, 3.63) is 72.0 Å². The number of nitrogens with one attached hydrogen (secondary N) is 1. The van der Waals surface area contributed by atoms with Gasteiger partial charge in [-0.05, 0) is 60.6 Å². The molecule has 0 spiro atoms. The molecule has 0 saturated heterocycles. The lowest BCUT2D eigenvalue weighted by atomic mass is 9.73.